The second kappa shape index (κ2) is 6.71. The number of anilines is 1. The van der Waals surface area contributed by atoms with Gasteiger partial charge in [-0.3, -0.25) is 14.5 Å². The fourth-order valence-electron chi connectivity index (χ4n) is 3.10. The molecule has 2 heterocycles. The Kier molecular flexibility index (Phi) is 4.77. The minimum atomic E-state index is -0.918. The van der Waals surface area contributed by atoms with Gasteiger partial charge in [0.25, 0.3) is 5.91 Å². The van der Waals surface area contributed by atoms with Gasteiger partial charge in [-0.1, -0.05) is 26.0 Å². The molecule has 6 nitrogen and oxygen atoms in total. The van der Waals surface area contributed by atoms with Crippen LogP contribution in [-0.2, 0) is 9.59 Å². The van der Waals surface area contributed by atoms with Crippen LogP contribution in [-0.4, -0.2) is 46.6 Å². The predicted molar refractivity (Wildman–Crippen MR) is 97.7 cm³/mol. The molecule has 2 atom stereocenters. The Morgan fingerprint density at radius 1 is 1.36 bits per heavy atom. The zero-order valence-corrected chi connectivity index (χ0v) is 15.6. The molecule has 0 spiro atoms. The first-order valence-corrected chi connectivity index (χ1v) is 9.44. The van der Waals surface area contributed by atoms with Gasteiger partial charge in [0.2, 0.25) is 5.91 Å². The number of carbonyl (C=O) groups excluding carboxylic acids is 3. The standard InChI is InChI=1S/C18H23N3O3S/c1-4-18(3)16(23)21(17(24)19-18)11-15(22)20-10-9-12(2)25-14-8-6-5-7-13(14)20/h5-8,12H,4,9-11H2,1-3H3,(H,19,24)/t12-,18+/m1/s1. The normalized spacial score (nSPS) is 26.3. The van der Waals surface area contributed by atoms with E-state index in [0.717, 1.165) is 21.9 Å². The van der Waals surface area contributed by atoms with Crippen LogP contribution in [0.5, 0.6) is 0 Å². The first kappa shape index (κ1) is 17.8. The topological polar surface area (TPSA) is 69.7 Å². The second-order valence-electron chi connectivity index (χ2n) is 6.74. The second-order valence-corrected chi connectivity index (χ2v) is 8.22. The van der Waals surface area contributed by atoms with Crippen molar-refractivity contribution >= 4 is 35.3 Å². The highest BCUT2D eigenvalue weighted by atomic mass is 32.2. The van der Waals surface area contributed by atoms with Crippen LogP contribution in [0, 0.1) is 0 Å². The van der Waals surface area contributed by atoms with Crippen LogP contribution in [0.25, 0.3) is 0 Å². The number of hydrogen-bond acceptors (Lipinski definition) is 4. The first-order valence-electron chi connectivity index (χ1n) is 8.56. The van der Waals surface area contributed by atoms with Gasteiger partial charge in [0.15, 0.2) is 0 Å². The van der Waals surface area contributed by atoms with Crippen LogP contribution in [0.15, 0.2) is 29.2 Å². The Bertz CT molecular complexity index is 723. The molecule has 2 aliphatic heterocycles. The molecule has 0 radical (unpaired) electrons. The van der Waals surface area contributed by atoms with Gasteiger partial charge in [0.1, 0.15) is 12.1 Å². The van der Waals surface area contributed by atoms with Gasteiger partial charge in [-0.25, -0.2) is 4.79 Å². The van der Waals surface area contributed by atoms with Gasteiger partial charge in [-0.15, -0.1) is 11.8 Å². The highest BCUT2D eigenvalue weighted by Gasteiger charge is 2.47. The van der Waals surface area contributed by atoms with Crippen LogP contribution in [0.4, 0.5) is 10.5 Å². The molecular weight excluding hydrogens is 338 g/mol. The number of thioether (sulfide) groups is 1. The molecule has 3 rings (SSSR count). The number of benzene rings is 1. The summed E-state index contributed by atoms with van der Waals surface area (Å²) in [5.74, 6) is -0.565. The maximum atomic E-state index is 12.9. The summed E-state index contributed by atoms with van der Waals surface area (Å²) in [5.41, 5.74) is -0.0644. The number of rotatable bonds is 3. The summed E-state index contributed by atoms with van der Waals surface area (Å²) in [7, 11) is 0. The summed E-state index contributed by atoms with van der Waals surface area (Å²) in [5, 5.41) is 3.09. The van der Waals surface area contributed by atoms with Gasteiger partial charge >= 0.3 is 6.03 Å². The lowest BCUT2D eigenvalue weighted by molar-refractivity contribution is -0.134. The number of fused-ring (bicyclic) bond motifs is 1. The highest BCUT2D eigenvalue weighted by Crippen LogP contribution is 2.37. The van der Waals surface area contributed by atoms with E-state index < -0.39 is 11.6 Å². The lowest BCUT2D eigenvalue weighted by Gasteiger charge is -2.25. The van der Waals surface area contributed by atoms with E-state index in [0.29, 0.717) is 18.2 Å². The Balaban J connectivity index is 1.82. The van der Waals surface area contributed by atoms with Crippen molar-refractivity contribution in [1.82, 2.24) is 10.2 Å². The van der Waals surface area contributed by atoms with Gasteiger partial charge < -0.3 is 10.2 Å². The average molecular weight is 361 g/mol. The zero-order chi connectivity index (χ0) is 18.2. The molecule has 0 bridgehead atoms. The largest absolute Gasteiger partial charge is 0.325 e. The van der Waals surface area contributed by atoms with E-state index >= 15 is 0 Å². The molecule has 7 heteroatoms. The Hall–Kier alpha value is -2.02. The van der Waals surface area contributed by atoms with Crippen LogP contribution >= 0.6 is 11.8 Å². The molecule has 4 amide bonds. The third-order valence-corrected chi connectivity index (χ3v) is 6.13. The van der Waals surface area contributed by atoms with Gasteiger partial charge in [0.05, 0.1) is 5.69 Å². The maximum absolute atomic E-state index is 12.9. The Morgan fingerprint density at radius 2 is 2.08 bits per heavy atom. The van der Waals surface area contributed by atoms with Gasteiger partial charge in [-0.2, -0.15) is 0 Å². The van der Waals surface area contributed by atoms with Crippen molar-refractivity contribution in [2.75, 3.05) is 18.0 Å². The molecule has 0 aliphatic carbocycles. The van der Waals surface area contributed by atoms with Crippen LogP contribution < -0.4 is 10.2 Å². The van der Waals surface area contributed by atoms with E-state index in [9.17, 15) is 14.4 Å². The number of para-hydroxylation sites is 1. The number of nitrogens with one attached hydrogen (secondary N) is 1. The van der Waals surface area contributed by atoms with Crippen molar-refractivity contribution in [3.05, 3.63) is 24.3 Å². The van der Waals surface area contributed by atoms with Gasteiger partial charge in [-0.05, 0) is 31.9 Å². The van der Waals surface area contributed by atoms with Crippen molar-refractivity contribution in [1.29, 1.82) is 0 Å². The lowest BCUT2D eigenvalue weighted by atomic mass is 9.99. The van der Waals surface area contributed by atoms with E-state index in [-0.39, 0.29) is 18.4 Å². The lowest BCUT2D eigenvalue weighted by Crippen LogP contribution is -2.45. The van der Waals surface area contributed by atoms with Crippen LogP contribution in [0.3, 0.4) is 0 Å². The number of imide groups is 1. The molecule has 1 aromatic carbocycles. The molecule has 1 saturated heterocycles. The average Bonchev–Trinajstić information content (AvgIpc) is 2.73. The number of hydrogen-bond donors (Lipinski definition) is 1. The summed E-state index contributed by atoms with van der Waals surface area (Å²) >= 11 is 1.75. The summed E-state index contributed by atoms with van der Waals surface area (Å²) in [6.07, 6.45) is 1.35. The van der Waals surface area contributed by atoms with Crippen molar-refractivity contribution in [2.24, 2.45) is 0 Å². The molecule has 134 valence electrons. The number of nitrogens with zero attached hydrogens (tertiary/aromatic N) is 2. The number of carbonyl (C=O) groups is 3. The van der Waals surface area contributed by atoms with E-state index in [1.54, 1.807) is 23.6 Å². The minimum absolute atomic E-state index is 0.229. The minimum Gasteiger partial charge on any atom is -0.323 e. The van der Waals surface area contributed by atoms with E-state index in [2.05, 4.69) is 12.2 Å². The quantitative estimate of drug-likeness (QED) is 0.840. The van der Waals surface area contributed by atoms with Crippen molar-refractivity contribution in [3.63, 3.8) is 0 Å². The summed E-state index contributed by atoms with van der Waals surface area (Å²) in [4.78, 5) is 41.4. The van der Waals surface area contributed by atoms with Gasteiger partial charge in [0, 0.05) is 16.7 Å². The Labute approximate surface area is 151 Å². The highest BCUT2D eigenvalue weighted by molar-refractivity contribution is 8.00. The molecule has 1 N–H and O–H groups in total. The Morgan fingerprint density at radius 3 is 2.76 bits per heavy atom. The first-order chi connectivity index (χ1) is 11.9. The molecular formula is C18H23N3O3S. The summed E-state index contributed by atoms with van der Waals surface area (Å²) < 4.78 is 0. The third-order valence-electron chi connectivity index (χ3n) is 4.89. The molecule has 0 unspecified atom stereocenters. The van der Waals surface area contributed by atoms with E-state index in [4.69, 9.17) is 0 Å². The van der Waals surface area contributed by atoms with Crippen LogP contribution in [0.2, 0.25) is 0 Å². The zero-order valence-electron chi connectivity index (χ0n) is 14.7. The summed E-state index contributed by atoms with van der Waals surface area (Å²) in [6.45, 7) is 6.02. The predicted octanol–water partition coefficient (Wildman–Crippen LogP) is 2.62. The van der Waals surface area contributed by atoms with E-state index in [1.165, 1.54) is 0 Å². The van der Waals surface area contributed by atoms with Crippen molar-refractivity contribution in [2.45, 2.75) is 49.3 Å². The number of urea groups is 1. The van der Waals surface area contributed by atoms with E-state index in [1.807, 2.05) is 31.2 Å². The van der Waals surface area contributed by atoms with Crippen LogP contribution in [0.1, 0.15) is 33.6 Å². The van der Waals surface area contributed by atoms with Crippen molar-refractivity contribution in [3.8, 4) is 0 Å². The smallest absolute Gasteiger partial charge is 0.323 e. The molecule has 0 saturated carbocycles. The molecule has 0 aromatic heterocycles. The summed E-state index contributed by atoms with van der Waals surface area (Å²) in [6, 6.07) is 7.28. The van der Waals surface area contributed by atoms with Crippen molar-refractivity contribution < 1.29 is 14.4 Å². The molecule has 1 aromatic rings. The maximum Gasteiger partial charge on any atom is 0.325 e. The number of amides is 4. The SMILES string of the molecule is CC[C@]1(C)NC(=O)N(CC(=O)N2CC[C@@H](C)Sc3ccccc32)C1=O. The molecule has 1 fully saturated rings. The third kappa shape index (κ3) is 3.25. The fraction of sp³-hybridized carbons (Fsp3) is 0.500. The fourth-order valence-corrected chi connectivity index (χ4v) is 4.21. The molecule has 25 heavy (non-hydrogen) atoms. The molecule has 2 aliphatic rings. The monoisotopic (exact) mass is 361 g/mol.